The Labute approximate surface area is 128 Å². The van der Waals surface area contributed by atoms with Crippen LogP contribution in [0.2, 0.25) is 0 Å². The summed E-state index contributed by atoms with van der Waals surface area (Å²) in [7, 11) is 3.47. The van der Waals surface area contributed by atoms with Crippen LogP contribution in [-0.2, 0) is 0 Å². The molecule has 0 fully saturated rings. The summed E-state index contributed by atoms with van der Waals surface area (Å²) in [4.78, 5) is 22.1. The van der Waals surface area contributed by atoms with Crippen LogP contribution in [-0.4, -0.2) is 34.9 Å². The largest absolute Gasteiger partial charge is 0.345 e. The lowest BCUT2D eigenvalue weighted by atomic mass is 10.1. The molecule has 0 bridgehead atoms. The summed E-state index contributed by atoms with van der Waals surface area (Å²) >= 11 is 0. The Morgan fingerprint density at radius 2 is 1.86 bits per heavy atom. The molecule has 1 heterocycles. The maximum atomic E-state index is 12.0. The van der Waals surface area contributed by atoms with Crippen LogP contribution in [0.25, 0.3) is 10.9 Å². The molecule has 3 aromatic rings. The summed E-state index contributed by atoms with van der Waals surface area (Å²) in [6.07, 6.45) is 1.53. The molecule has 3 rings (SSSR count). The van der Waals surface area contributed by atoms with Gasteiger partial charge < -0.3 is 10.2 Å². The van der Waals surface area contributed by atoms with Crippen molar-refractivity contribution < 1.29 is 4.79 Å². The fourth-order valence-corrected chi connectivity index (χ4v) is 2.23. The minimum Gasteiger partial charge on any atom is -0.345 e. The average molecular weight is 292 g/mol. The molecular formula is C17H16N4O. The minimum absolute atomic E-state index is 0.0313. The van der Waals surface area contributed by atoms with Crippen molar-refractivity contribution in [2.75, 3.05) is 19.4 Å². The second kappa shape index (κ2) is 5.81. The van der Waals surface area contributed by atoms with Crippen LogP contribution < -0.4 is 5.32 Å². The highest BCUT2D eigenvalue weighted by Crippen LogP contribution is 2.23. The van der Waals surface area contributed by atoms with Gasteiger partial charge in [0.2, 0.25) is 0 Å². The fraction of sp³-hybridized carbons (Fsp3) is 0.118. The zero-order chi connectivity index (χ0) is 15.5. The van der Waals surface area contributed by atoms with Crippen molar-refractivity contribution in [2.45, 2.75) is 0 Å². The van der Waals surface area contributed by atoms with E-state index in [0.717, 1.165) is 22.4 Å². The number of carbonyl (C=O) groups excluding carboxylic acids is 1. The molecule has 2 aromatic carbocycles. The van der Waals surface area contributed by atoms with Gasteiger partial charge in [-0.05, 0) is 30.3 Å². The smallest absolute Gasteiger partial charge is 0.253 e. The Morgan fingerprint density at radius 3 is 2.68 bits per heavy atom. The number of nitrogens with zero attached hydrogens (tertiary/aromatic N) is 3. The standard InChI is InChI=1S/C17H16N4O/c1-21(2)17(22)12-6-5-7-13(10-12)20-16-14-8-3-4-9-15(14)18-11-19-16/h3-11H,1-2H3,(H,18,19,20). The number of para-hydroxylation sites is 1. The molecule has 0 aliphatic heterocycles. The van der Waals surface area contributed by atoms with Gasteiger partial charge in [0.15, 0.2) is 0 Å². The Bertz CT molecular complexity index is 824. The Hall–Kier alpha value is -2.95. The molecule has 0 aliphatic carbocycles. The lowest BCUT2D eigenvalue weighted by Gasteiger charge is -2.12. The van der Waals surface area contributed by atoms with E-state index in [1.165, 1.54) is 6.33 Å². The molecule has 0 unspecified atom stereocenters. The molecule has 1 N–H and O–H groups in total. The molecule has 1 aromatic heterocycles. The van der Waals surface area contributed by atoms with Crippen molar-refractivity contribution in [1.82, 2.24) is 14.9 Å². The van der Waals surface area contributed by atoms with Crippen LogP contribution >= 0.6 is 0 Å². The second-order valence-corrected chi connectivity index (χ2v) is 5.14. The van der Waals surface area contributed by atoms with E-state index in [2.05, 4.69) is 15.3 Å². The van der Waals surface area contributed by atoms with E-state index >= 15 is 0 Å². The molecule has 5 heteroatoms. The van der Waals surface area contributed by atoms with Crippen molar-refractivity contribution in [3.63, 3.8) is 0 Å². The van der Waals surface area contributed by atoms with Gasteiger partial charge in [0.05, 0.1) is 5.52 Å². The Balaban J connectivity index is 1.96. The summed E-state index contributed by atoms with van der Waals surface area (Å²) in [6, 6.07) is 15.2. The van der Waals surface area contributed by atoms with Gasteiger partial charge in [-0.3, -0.25) is 4.79 Å². The number of rotatable bonds is 3. The van der Waals surface area contributed by atoms with E-state index in [1.807, 2.05) is 42.5 Å². The molecule has 0 saturated heterocycles. The van der Waals surface area contributed by atoms with Crippen LogP contribution in [0.4, 0.5) is 11.5 Å². The van der Waals surface area contributed by atoms with Crippen molar-refractivity contribution >= 4 is 28.3 Å². The van der Waals surface area contributed by atoms with E-state index < -0.39 is 0 Å². The number of carbonyl (C=O) groups is 1. The van der Waals surface area contributed by atoms with Crippen LogP contribution in [0.1, 0.15) is 10.4 Å². The van der Waals surface area contributed by atoms with Gasteiger partial charge in [-0.1, -0.05) is 18.2 Å². The van der Waals surface area contributed by atoms with Gasteiger partial charge in [-0.25, -0.2) is 9.97 Å². The highest BCUT2D eigenvalue weighted by Gasteiger charge is 2.09. The summed E-state index contributed by atoms with van der Waals surface area (Å²) in [5.74, 6) is 0.691. The summed E-state index contributed by atoms with van der Waals surface area (Å²) in [6.45, 7) is 0. The molecule has 0 spiro atoms. The van der Waals surface area contributed by atoms with Gasteiger partial charge in [0.25, 0.3) is 5.91 Å². The first kappa shape index (κ1) is 14.0. The first-order valence-electron chi connectivity index (χ1n) is 6.93. The van der Waals surface area contributed by atoms with Gasteiger partial charge >= 0.3 is 0 Å². The van der Waals surface area contributed by atoms with Crippen molar-refractivity contribution in [3.8, 4) is 0 Å². The zero-order valence-electron chi connectivity index (χ0n) is 12.4. The summed E-state index contributed by atoms with van der Waals surface area (Å²) < 4.78 is 0. The lowest BCUT2D eigenvalue weighted by Crippen LogP contribution is -2.21. The normalized spacial score (nSPS) is 10.5. The molecular weight excluding hydrogens is 276 g/mol. The fourth-order valence-electron chi connectivity index (χ4n) is 2.23. The first-order valence-corrected chi connectivity index (χ1v) is 6.93. The predicted molar refractivity (Wildman–Crippen MR) is 87.3 cm³/mol. The van der Waals surface area contributed by atoms with Crippen molar-refractivity contribution in [3.05, 3.63) is 60.4 Å². The molecule has 22 heavy (non-hydrogen) atoms. The zero-order valence-corrected chi connectivity index (χ0v) is 12.4. The van der Waals surface area contributed by atoms with Gasteiger partial charge in [-0.15, -0.1) is 0 Å². The third-order valence-electron chi connectivity index (χ3n) is 3.32. The van der Waals surface area contributed by atoms with Crippen LogP contribution in [0.3, 0.4) is 0 Å². The van der Waals surface area contributed by atoms with E-state index in [1.54, 1.807) is 25.1 Å². The maximum Gasteiger partial charge on any atom is 0.253 e. The Morgan fingerprint density at radius 1 is 1.05 bits per heavy atom. The number of fused-ring (bicyclic) bond motifs is 1. The monoisotopic (exact) mass is 292 g/mol. The number of benzene rings is 2. The molecule has 110 valence electrons. The third kappa shape index (κ3) is 2.74. The van der Waals surface area contributed by atoms with Gasteiger partial charge in [-0.2, -0.15) is 0 Å². The molecule has 5 nitrogen and oxygen atoms in total. The number of hydrogen-bond acceptors (Lipinski definition) is 4. The Kier molecular flexibility index (Phi) is 3.70. The highest BCUT2D eigenvalue weighted by molar-refractivity contribution is 5.95. The number of amides is 1. The van der Waals surface area contributed by atoms with Crippen LogP contribution in [0, 0.1) is 0 Å². The second-order valence-electron chi connectivity index (χ2n) is 5.14. The number of hydrogen-bond donors (Lipinski definition) is 1. The molecule has 0 saturated carbocycles. The maximum absolute atomic E-state index is 12.0. The third-order valence-corrected chi connectivity index (χ3v) is 3.32. The van der Waals surface area contributed by atoms with E-state index in [9.17, 15) is 4.79 Å². The average Bonchev–Trinajstić information content (AvgIpc) is 2.55. The van der Waals surface area contributed by atoms with E-state index in [0.29, 0.717) is 5.56 Å². The molecule has 0 aliphatic rings. The van der Waals surface area contributed by atoms with Crippen molar-refractivity contribution in [1.29, 1.82) is 0 Å². The predicted octanol–water partition coefficient (Wildman–Crippen LogP) is 3.08. The van der Waals surface area contributed by atoms with Crippen LogP contribution in [0.5, 0.6) is 0 Å². The number of aromatic nitrogens is 2. The topological polar surface area (TPSA) is 58.1 Å². The van der Waals surface area contributed by atoms with Gasteiger partial charge in [0.1, 0.15) is 12.1 Å². The number of anilines is 2. The van der Waals surface area contributed by atoms with Gasteiger partial charge in [0, 0.05) is 30.7 Å². The lowest BCUT2D eigenvalue weighted by molar-refractivity contribution is 0.0827. The van der Waals surface area contributed by atoms with E-state index in [4.69, 9.17) is 0 Å². The quantitative estimate of drug-likeness (QED) is 0.806. The minimum atomic E-state index is -0.0313. The number of nitrogens with one attached hydrogen (secondary N) is 1. The SMILES string of the molecule is CN(C)C(=O)c1cccc(Nc2ncnc3ccccc23)c1. The summed E-state index contributed by atoms with van der Waals surface area (Å²) in [5, 5.41) is 4.20. The first-order chi connectivity index (χ1) is 10.6. The molecule has 0 atom stereocenters. The van der Waals surface area contributed by atoms with E-state index in [-0.39, 0.29) is 5.91 Å². The van der Waals surface area contributed by atoms with Crippen LogP contribution in [0.15, 0.2) is 54.9 Å². The summed E-state index contributed by atoms with van der Waals surface area (Å²) in [5.41, 5.74) is 2.32. The highest BCUT2D eigenvalue weighted by atomic mass is 16.2. The molecule has 1 amide bonds. The van der Waals surface area contributed by atoms with Crippen molar-refractivity contribution in [2.24, 2.45) is 0 Å². The molecule has 0 radical (unpaired) electrons.